The maximum atomic E-state index is 11.2. The molecule has 1 N–H and O–H groups in total. The first-order valence-electron chi connectivity index (χ1n) is 5.37. The van der Waals surface area contributed by atoms with Gasteiger partial charge in [-0.05, 0) is 38.3 Å². The third-order valence-electron chi connectivity index (χ3n) is 3.18. The zero-order chi connectivity index (χ0) is 10.0. The van der Waals surface area contributed by atoms with Gasteiger partial charge in [-0.25, -0.2) is 12.7 Å². The third kappa shape index (κ3) is 2.27. The highest BCUT2D eigenvalue weighted by molar-refractivity contribution is 7.90. The van der Waals surface area contributed by atoms with Crippen molar-refractivity contribution in [3.8, 4) is 0 Å². The lowest BCUT2D eigenvalue weighted by atomic mass is 9.96. The van der Waals surface area contributed by atoms with Crippen LogP contribution < -0.4 is 5.32 Å². The summed E-state index contributed by atoms with van der Waals surface area (Å²) in [5.41, 5.74) is 0. The van der Waals surface area contributed by atoms with Crippen molar-refractivity contribution in [1.82, 2.24) is 9.62 Å². The molecule has 0 saturated carbocycles. The second kappa shape index (κ2) is 4.16. The van der Waals surface area contributed by atoms with E-state index < -0.39 is 10.0 Å². The van der Waals surface area contributed by atoms with E-state index in [9.17, 15) is 8.42 Å². The molecule has 14 heavy (non-hydrogen) atoms. The van der Waals surface area contributed by atoms with E-state index in [0.29, 0.717) is 11.7 Å². The standard InChI is InChI=1S/C9H18N2O2S/c12-14(13)7-6-11(14)5-3-9-2-1-4-10-8-9/h9-10H,1-8H2. The van der Waals surface area contributed by atoms with Gasteiger partial charge in [-0.2, -0.15) is 0 Å². The monoisotopic (exact) mass is 218 g/mol. The summed E-state index contributed by atoms with van der Waals surface area (Å²) in [4.78, 5) is 0. The number of rotatable bonds is 3. The van der Waals surface area contributed by atoms with E-state index in [1.54, 1.807) is 4.31 Å². The molecule has 0 aromatic carbocycles. The summed E-state index contributed by atoms with van der Waals surface area (Å²) in [6, 6.07) is 0. The second-order valence-corrected chi connectivity index (χ2v) is 6.30. The quantitative estimate of drug-likeness (QED) is 0.726. The van der Waals surface area contributed by atoms with E-state index >= 15 is 0 Å². The van der Waals surface area contributed by atoms with Gasteiger partial charge in [0, 0.05) is 13.1 Å². The largest absolute Gasteiger partial charge is 0.316 e. The van der Waals surface area contributed by atoms with E-state index in [4.69, 9.17) is 0 Å². The van der Waals surface area contributed by atoms with Crippen LogP contribution in [-0.4, -0.2) is 44.7 Å². The highest BCUT2D eigenvalue weighted by atomic mass is 32.2. The Morgan fingerprint density at radius 3 is 2.79 bits per heavy atom. The number of hydrogen-bond donors (Lipinski definition) is 1. The minimum Gasteiger partial charge on any atom is -0.316 e. The summed E-state index contributed by atoms with van der Waals surface area (Å²) in [6.07, 6.45) is 3.50. The Morgan fingerprint density at radius 1 is 1.43 bits per heavy atom. The average Bonchev–Trinajstić information content (AvgIpc) is 2.18. The average molecular weight is 218 g/mol. The van der Waals surface area contributed by atoms with Crippen LogP contribution in [0.2, 0.25) is 0 Å². The Hall–Kier alpha value is -0.130. The van der Waals surface area contributed by atoms with Crippen LogP contribution in [0, 0.1) is 5.92 Å². The summed E-state index contributed by atoms with van der Waals surface area (Å²) in [5, 5.41) is 3.35. The molecule has 2 aliphatic rings. The van der Waals surface area contributed by atoms with Crippen LogP contribution in [0.4, 0.5) is 0 Å². The molecule has 2 rings (SSSR count). The Kier molecular flexibility index (Phi) is 3.09. The first-order chi connectivity index (χ1) is 6.68. The van der Waals surface area contributed by atoms with Gasteiger partial charge in [-0.15, -0.1) is 0 Å². The van der Waals surface area contributed by atoms with Crippen molar-refractivity contribution in [1.29, 1.82) is 0 Å². The Labute approximate surface area is 85.7 Å². The minimum atomic E-state index is -2.81. The molecule has 2 heterocycles. The highest BCUT2D eigenvalue weighted by Gasteiger charge is 2.32. The SMILES string of the molecule is O=S1(=O)CCN1CCC1CCCNC1. The topological polar surface area (TPSA) is 49.4 Å². The van der Waals surface area contributed by atoms with Gasteiger partial charge in [0.1, 0.15) is 0 Å². The Balaban J connectivity index is 1.71. The number of nitrogens with zero attached hydrogens (tertiary/aromatic N) is 1. The molecular formula is C9H18N2O2S. The summed E-state index contributed by atoms with van der Waals surface area (Å²) in [6.45, 7) is 3.66. The van der Waals surface area contributed by atoms with Gasteiger partial charge in [-0.3, -0.25) is 0 Å². The summed E-state index contributed by atoms with van der Waals surface area (Å²) >= 11 is 0. The molecule has 0 spiro atoms. The fourth-order valence-electron chi connectivity index (χ4n) is 2.12. The Bertz CT molecular complexity index is 283. The van der Waals surface area contributed by atoms with Gasteiger partial charge in [0.25, 0.3) is 0 Å². The van der Waals surface area contributed by atoms with Gasteiger partial charge >= 0.3 is 0 Å². The van der Waals surface area contributed by atoms with Crippen molar-refractivity contribution >= 4 is 10.0 Å². The van der Waals surface area contributed by atoms with Crippen molar-refractivity contribution in [3.05, 3.63) is 0 Å². The van der Waals surface area contributed by atoms with Crippen molar-refractivity contribution < 1.29 is 8.42 Å². The minimum absolute atomic E-state index is 0.357. The predicted octanol–water partition coefficient (Wildman–Crippen LogP) is 0.0215. The summed E-state index contributed by atoms with van der Waals surface area (Å²) in [7, 11) is -2.81. The zero-order valence-electron chi connectivity index (χ0n) is 8.41. The third-order valence-corrected chi connectivity index (χ3v) is 5.03. The van der Waals surface area contributed by atoms with Crippen LogP contribution in [0.25, 0.3) is 0 Å². The highest BCUT2D eigenvalue weighted by Crippen LogP contribution is 2.18. The van der Waals surface area contributed by atoms with Gasteiger partial charge in [0.2, 0.25) is 10.0 Å². The first kappa shape index (κ1) is 10.4. The van der Waals surface area contributed by atoms with E-state index in [1.165, 1.54) is 12.8 Å². The summed E-state index contributed by atoms with van der Waals surface area (Å²) in [5.74, 6) is 1.04. The molecule has 2 aliphatic heterocycles. The molecule has 5 heteroatoms. The number of piperidine rings is 1. The molecule has 0 amide bonds. The first-order valence-corrected chi connectivity index (χ1v) is 6.98. The lowest BCUT2D eigenvalue weighted by molar-refractivity contribution is 0.304. The van der Waals surface area contributed by atoms with Gasteiger partial charge in [-0.1, -0.05) is 0 Å². The van der Waals surface area contributed by atoms with Crippen LogP contribution in [0.3, 0.4) is 0 Å². The molecule has 2 fully saturated rings. The van der Waals surface area contributed by atoms with Crippen molar-refractivity contribution in [3.63, 3.8) is 0 Å². The van der Waals surface area contributed by atoms with Gasteiger partial charge in [0.15, 0.2) is 0 Å². The van der Waals surface area contributed by atoms with Crippen LogP contribution >= 0.6 is 0 Å². The molecular weight excluding hydrogens is 200 g/mol. The molecule has 2 saturated heterocycles. The van der Waals surface area contributed by atoms with Crippen LogP contribution in [-0.2, 0) is 10.0 Å². The normalized spacial score (nSPS) is 32.4. The van der Waals surface area contributed by atoms with E-state index in [1.807, 2.05) is 0 Å². The number of hydrogen-bond acceptors (Lipinski definition) is 3. The molecule has 82 valence electrons. The Morgan fingerprint density at radius 2 is 2.29 bits per heavy atom. The fraction of sp³-hybridized carbons (Fsp3) is 1.00. The predicted molar refractivity (Wildman–Crippen MR) is 55.6 cm³/mol. The maximum Gasteiger partial charge on any atom is 0.215 e. The lowest BCUT2D eigenvalue weighted by Crippen LogP contribution is -2.48. The van der Waals surface area contributed by atoms with Gasteiger partial charge in [0.05, 0.1) is 5.75 Å². The van der Waals surface area contributed by atoms with Crippen LogP contribution in [0.15, 0.2) is 0 Å². The van der Waals surface area contributed by atoms with Crippen LogP contribution in [0.1, 0.15) is 19.3 Å². The molecule has 1 atom stereocenters. The number of nitrogens with one attached hydrogen (secondary N) is 1. The van der Waals surface area contributed by atoms with Gasteiger partial charge < -0.3 is 5.32 Å². The molecule has 0 radical (unpaired) electrons. The fourth-order valence-corrected chi connectivity index (χ4v) is 3.24. The van der Waals surface area contributed by atoms with E-state index in [0.717, 1.165) is 32.6 Å². The molecule has 0 bridgehead atoms. The number of sulfonamides is 1. The second-order valence-electron chi connectivity index (χ2n) is 4.22. The van der Waals surface area contributed by atoms with Crippen molar-refractivity contribution in [2.45, 2.75) is 19.3 Å². The van der Waals surface area contributed by atoms with Crippen molar-refractivity contribution in [2.24, 2.45) is 5.92 Å². The maximum absolute atomic E-state index is 11.2. The molecule has 0 aromatic heterocycles. The zero-order valence-corrected chi connectivity index (χ0v) is 9.22. The van der Waals surface area contributed by atoms with Crippen molar-refractivity contribution in [2.75, 3.05) is 31.9 Å². The summed E-state index contributed by atoms with van der Waals surface area (Å²) < 4.78 is 24.0. The smallest absolute Gasteiger partial charge is 0.215 e. The molecule has 1 unspecified atom stereocenters. The van der Waals surface area contributed by atoms with Crippen LogP contribution in [0.5, 0.6) is 0 Å². The van der Waals surface area contributed by atoms with E-state index in [-0.39, 0.29) is 0 Å². The molecule has 0 aliphatic carbocycles. The lowest BCUT2D eigenvalue weighted by Gasteiger charge is -2.32. The molecule has 4 nitrogen and oxygen atoms in total. The molecule has 0 aromatic rings. The van der Waals surface area contributed by atoms with E-state index in [2.05, 4.69) is 5.32 Å².